The zero-order chi connectivity index (χ0) is 18.3. The fraction of sp³-hybridized carbons (Fsp3) is 0.333. The highest BCUT2D eigenvalue weighted by atomic mass is 32.2. The molecule has 1 fully saturated rings. The van der Waals surface area contributed by atoms with Crippen LogP contribution in [0.1, 0.15) is 24.3 Å². The van der Waals surface area contributed by atoms with Crippen LogP contribution >= 0.6 is 0 Å². The van der Waals surface area contributed by atoms with Gasteiger partial charge in [-0.3, -0.25) is 9.55 Å². The summed E-state index contributed by atoms with van der Waals surface area (Å²) < 4.78 is 33.9. The van der Waals surface area contributed by atoms with E-state index in [1.807, 2.05) is 12.1 Å². The van der Waals surface area contributed by atoms with E-state index in [-0.39, 0.29) is 10.5 Å². The maximum absolute atomic E-state index is 13.0. The number of hydrogen-bond acceptors (Lipinski definition) is 5. The van der Waals surface area contributed by atoms with Gasteiger partial charge in [-0.15, -0.1) is 0 Å². The minimum Gasteiger partial charge on any atom is -0.408 e. The van der Waals surface area contributed by atoms with Crippen LogP contribution in [-0.4, -0.2) is 35.4 Å². The van der Waals surface area contributed by atoms with Crippen LogP contribution in [0.4, 0.5) is 0 Å². The first kappa shape index (κ1) is 17.0. The number of rotatable bonds is 3. The second-order valence-corrected chi connectivity index (χ2v) is 8.45. The molecule has 1 saturated heterocycles. The van der Waals surface area contributed by atoms with E-state index in [9.17, 15) is 13.2 Å². The van der Waals surface area contributed by atoms with Crippen LogP contribution in [0.5, 0.6) is 0 Å². The van der Waals surface area contributed by atoms with Crippen LogP contribution in [-0.2, 0) is 17.1 Å². The number of sulfonamides is 1. The van der Waals surface area contributed by atoms with Gasteiger partial charge in [0.2, 0.25) is 10.0 Å². The number of piperidine rings is 1. The number of aromatic nitrogens is 2. The van der Waals surface area contributed by atoms with Gasteiger partial charge in [-0.2, -0.15) is 4.31 Å². The lowest BCUT2D eigenvalue weighted by Crippen LogP contribution is -2.37. The van der Waals surface area contributed by atoms with Gasteiger partial charge in [0.25, 0.3) is 0 Å². The number of nitrogens with zero attached hydrogens (tertiary/aromatic N) is 3. The Morgan fingerprint density at radius 2 is 1.81 bits per heavy atom. The van der Waals surface area contributed by atoms with Gasteiger partial charge >= 0.3 is 5.76 Å². The SMILES string of the molecule is Cn1c(=O)oc2cc(S(=O)(=O)N3CCC(c4ccncc4)CC3)ccc21. The van der Waals surface area contributed by atoms with Crippen LogP contribution in [0.15, 0.2) is 56.8 Å². The van der Waals surface area contributed by atoms with Crippen molar-refractivity contribution in [2.24, 2.45) is 7.05 Å². The molecule has 3 heterocycles. The highest BCUT2D eigenvalue weighted by Gasteiger charge is 2.30. The zero-order valence-corrected chi connectivity index (χ0v) is 15.1. The van der Waals surface area contributed by atoms with Crippen molar-refractivity contribution in [3.8, 4) is 0 Å². The average molecular weight is 373 g/mol. The molecule has 0 spiro atoms. The van der Waals surface area contributed by atoms with Crippen molar-refractivity contribution in [3.05, 3.63) is 58.8 Å². The first-order chi connectivity index (χ1) is 12.5. The Hall–Kier alpha value is -2.45. The molecule has 0 amide bonds. The molecule has 3 aromatic rings. The molecule has 136 valence electrons. The Labute approximate surface area is 150 Å². The lowest BCUT2D eigenvalue weighted by Gasteiger charge is -2.31. The lowest BCUT2D eigenvalue weighted by molar-refractivity contribution is 0.319. The molecular weight excluding hydrogens is 354 g/mol. The first-order valence-corrected chi connectivity index (χ1v) is 9.90. The van der Waals surface area contributed by atoms with Gasteiger partial charge in [0.15, 0.2) is 5.58 Å². The van der Waals surface area contributed by atoms with Crippen molar-refractivity contribution in [2.75, 3.05) is 13.1 Å². The number of fused-ring (bicyclic) bond motifs is 1. The van der Waals surface area contributed by atoms with E-state index in [4.69, 9.17) is 4.42 Å². The number of aryl methyl sites for hydroxylation is 1. The topological polar surface area (TPSA) is 85.4 Å². The quantitative estimate of drug-likeness (QED) is 0.702. The van der Waals surface area contributed by atoms with Crippen molar-refractivity contribution in [1.29, 1.82) is 0 Å². The Morgan fingerprint density at radius 1 is 1.12 bits per heavy atom. The summed E-state index contributed by atoms with van der Waals surface area (Å²) in [5.74, 6) is -0.160. The van der Waals surface area contributed by atoms with E-state index >= 15 is 0 Å². The molecular formula is C18H19N3O4S. The monoisotopic (exact) mass is 373 g/mol. The van der Waals surface area contributed by atoms with Gasteiger partial charge < -0.3 is 4.42 Å². The highest BCUT2D eigenvalue weighted by molar-refractivity contribution is 7.89. The van der Waals surface area contributed by atoms with E-state index in [1.165, 1.54) is 26.6 Å². The van der Waals surface area contributed by atoms with E-state index in [1.54, 1.807) is 25.5 Å². The minimum atomic E-state index is -3.61. The molecule has 4 rings (SSSR count). The smallest absolute Gasteiger partial charge is 0.408 e. The van der Waals surface area contributed by atoms with Gasteiger partial charge in [-0.05, 0) is 48.6 Å². The molecule has 26 heavy (non-hydrogen) atoms. The van der Waals surface area contributed by atoms with Gasteiger partial charge in [-0.1, -0.05) is 0 Å². The maximum Gasteiger partial charge on any atom is 0.419 e. The molecule has 1 aromatic carbocycles. The Kier molecular flexibility index (Phi) is 4.16. The number of hydrogen-bond donors (Lipinski definition) is 0. The molecule has 7 nitrogen and oxygen atoms in total. The van der Waals surface area contributed by atoms with Crippen molar-refractivity contribution >= 4 is 21.1 Å². The molecule has 2 aromatic heterocycles. The lowest BCUT2D eigenvalue weighted by atomic mass is 9.91. The Balaban J connectivity index is 1.57. The first-order valence-electron chi connectivity index (χ1n) is 8.46. The van der Waals surface area contributed by atoms with Crippen molar-refractivity contribution < 1.29 is 12.8 Å². The molecule has 8 heteroatoms. The van der Waals surface area contributed by atoms with Gasteiger partial charge in [0.1, 0.15) is 0 Å². The second-order valence-electron chi connectivity index (χ2n) is 6.52. The summed E-state index contributed by atoms with van der Waals surface area (Å²) in [7, 11) is -2.02. The molecule has 0 radical (unpaired) electrons. The van der Waals surface area contributed by atoms with Crippen LogP contribution < -0.4 is 5.76 Å². The normalized spacial score (nSPS) is 17.0. The van der Waals surface area contributed by atoms with Gasteiger partial charge in [0.05, 0.1) is 10.4 Å². The molecule has 0 N–H and O–H groups in total. The summed E-state index contributed by atoms with van der Waals surface area (Å²) in [5.41, 5.74) is 2.06. The predicted octanol–water partition coefficient (Wildman–Crippen LogP) is 2.09. The van der Waals surface area contributed by atoms with E-state index in [0.29, 0.717) is 24.5 Å². The number of benzene rings is 1. The van der Waals surface area contributed by atoms with Crippen LogP contribution in [0.3, 0.4) is 0 Å². The van der Waals surface area contributed by atoms with E-state index < -0.39 is 15.8 Å². The highest BCUT2D eigenvalue weighted by Crippen LogP contribution is 2.31. The number of pyridine rings is 1. The Morgan fingerprint density at radius 3 is 2.50 bits per heavy atom. The van der Waals surface area contributed by atoms with Crippen LogP contribution in [0.25, 0.3) is 11.1 Å². The van der Waals surface area contributed by atoms with Gasteiger partial charge in [-0.25, -0.2) is 13.2 Å². The molecule has 0 saturated carbocycles. The van der Waals surface area contributed by atoms with Crippen LogP contribution in [0, 0.1) is 0 Å². The largest absolute Gasteiger partial charge is 0.419 e. The van der Waals surface area contributed by atoms with E-state index in [2.05, 4.69) is 4.98 Å². The van der Waals surface area contributed by atoms with Crippen LogP contribution in [0.2, 0.25) is 0 Å². The fourth-order valence-corrected chi connectivity index (χ4v) is 4.97. The predicted molar refractivity (Wildman–Crippen MR) is 96.4 cm³/mol. The molecule has 0 aliphatic carbocycles. The minimum absolute atomic E-state index is 0.154. The van der Waals surface area contributed by atoms with Crippen molar-refractivity contribution in [2.45, 2.75) is 23.7 Å². The zero-order valence-electron chi connectivity index (χ0n) is 14.3. The Bertz CT molecular complexity index is 1090. The second kappa shape index (κ2) is 6.37. The summed E-state index contributed by atoms with van der Waals surface area (Å²) >= 11 is 0. The van der Waals surface area contributed by atoms with E-state index in [0.717, 1.165) is 12.8 Å². The summed E-state index contributed by atoms with van der Waals surface area (Å²) in [6.07, 6.45) is 5.07. The van der Waals surface area contributed by atoms with Crippen molar-refractivity contribution in [3.63, 3.8) is 0 Å². The molecule has 0 bridgehead atoms. The molecule has 0 unspecified atom stereocenters. The summed E-state index contributed by atoms with van der Waals surface area (Å²) in [5, 5.41) is 0. The third-order valence-corrected chi connectivity index (χ3v) is 6.93. The molecule has 1 aliphatic heterocycles. The van der Waals surface area contributed by atoms with Gasteiger partial charge in [0, 0.05) is 38.6 Å². The molecule has 1 aliphatic rings. The summed E-state index contributed by atoms with van der Waals surface area (Å²) in [6, 6.07) is 8.54. The number of oxazole rings is 1. The molecule has 0 atom stereocenters. The standard InChI is InChI=1S/C18H19N3O4S/c1-20-16-3-2-15(12-17(16)25-18(20)22)26(23,24)21-10-6-14(7-11-21)13-4-8-19-9-5-13/h2-5,8-9,12,14H,6-7,10-11H2,1H3. The summed E-state index contributed by atoms with van der Waals surface area (Å²) in [4.78, 5) is 15.8. The fourth-order valence-electron chi connectivity index (χ4n) is 3.49. The summed E-state index contributed by atoms with van der Waals surface area (Å²) in [6.45, 7) is 0.929. The maximum atomic E-state index is 13.0. The average Bonchev–Trinajstić information content (AvgIpc) is 2.96. The third kappa shape index (κ3) is 2.85. The van der Waals surface area contributed by atoms with Crippen molar-refractivity contribution in [1.82, 2.24) is 13.9 Å². The third-order valence-electron chi connectivity index (χ3n) is 5.03.